The molecule has 3 aromatic heterocycles. The highest BCUT2D eigenvalue weighted by atomic mass is 32.1. The topological polar surface area (TPSA) is 95.1 Å². The summed E-state index contributed by atoms with van der Waals surface area (Å²) in [6.45, 7) is 6.52. The molecule has 0 atom stereocenters. The molecule has 150 valence electrons. The normalized spacial score (nSPS) is 11.2. The van der Waals surface area contributed by atoms with Gasteiger partial charge in [-0.15, -0.1) is 11.3 Å². The second-order valence-electron chi connectivity index (χ2n) is 6.65. The van der Waals surface area contributed by atoms with E-state index >= 15 is 0 Å². The lowest BCUT2D eigenvalue weighted by Crippen LogP contribution is -2.26. The summed E-state index contributed by atoms with van der Waals surface area (Å²) >= 11 is 1.61. The summed E-state index contributed by atoms with van der Waals surface area (Å²) in [5.74, 6) is 1.38. The molecule has 0 aliphatic carbocycles. The summed E-state index contributed by atoms with van der Waals surface area (Å²) in [4.78, 5) is 21.9. The number of aromatic nitrogens is 3. The Labute approximate surface area is 168 Å². The third-order valence-corrected chi connectivity index (χ3v) is 5.42. The number of amides is 1. The van der Waals surface area contributed by atoms with Crippen molar-refractivity contribution < 1.29 is 9.53 Å². The van der Waals surface area contributed by atoms with E-state index in [0.29, 0.717) is 32.0 Å². The van der Waals surface area contributed by atoms with Crippen molar-refractivity contribution in [1.29, 1.82) is 0 Å². The van der Waals surface area contributed by atoms with E-state index < -0.39 is 0 Å². The lowest BCUT2D eigenvalue weighted by atomic mass is 10.2. The monoisotopic (exact) mass is 401 g/mol. The molecule has 0 spiro atoms. The van der Waals surface area contributed by atoms with E-state index in [2.05, 4.69) is 19.9 Å². The first-order chi connectivity index (χ1) is 13.6. The van der Waals surface area contributed by atoms with Gasteiger partial charge in [0.05, 0.1) is 11.9 Å². The van der Waals surface area contributed by atoms with E-state index in [-0.39, 0.29) is 5.91 Å². The second-order valence-corrected chi connectivity index (χ2v) is 7.69. The van der Waals surface area contributed by atoms with E-state index in [1.807, 2.05) is 31.4 Å². The van der Waals surface area contributed by atoms with E-state index in [1.54, 1.807) is 17.5 Å². The number of nitrogen functional groups attached to an aromatic ring is 1. The van der Waals surface area contributed by atoms with Crippen LogP contribution < -0.4 is 11.1 Å². The van der Waals surface area contributed by atoms with Crippen molar-refractivity contribution in [1.82, 2.24) is 19.9 Å². The lowest BCUT2D eigenvalue weighted by molar-refractivity contribution is -0.120. The summed E-state index contributed by atoms with van der Waals surface area (Å²) in [5.41, 5.74) is 8.82. The molecule has 8 heteroatoms. The standard InChI is InChI=1S/C20H27N5O2S/c1-3-27-13-16-24-18-19(14(2)12-23-20(18)21)25(16)9-5-4-8-22-17(26)11-15-7-6-10-28-15/h6-7,10,12H,3-5,8-9,11,13H2,1-2H3,(H2,21,23)(H,22,26). The minimum Gasteiger partial charge on any atom is -0.382 e. The van der Waals surface area contributed by atoms with Crippen LogP contribution in [0.4, 0.5) is 5.82 Å². The first kappa shape index (κ1) is 20.3. The van der Waals surface area contributed by atoms with E-state index in [1.165, 1.54) is 0 Å². The molecule has 7 nitrogen and oxygen atoms in total. The molecule has 0 aromatic carbocycles. The van der Waals surface area contributed by atoms with Crippen LogP contribution in [0.2, 0.25) is 0 Å². The average molecular weight is 402 g/mol. The van der Waals surface area contributed by atoms with Crippen molar-refractivity contribution in [3.63, 3.8) is 0 Å². The van der Waals surface area contributed by atoms with Crippen LogP contribution in [0.25, 0.3) is 11.0 Å². The van der Waals surface area contributed by atoms with Gasteiger partial charge >= 0.3 is 0 Å². The Hall–Kier alpha value is -2.45. The van der Waals surface area contributed by atoms with Crippen molar-refractivity contribution in [2.45, 2.75) is 46.3 Å². The number of unbranched alkanes of at least 4 members (excludes halogenated alkanes) is 1. The molecule has 3 heterocycles. The van der Waals surface area contributed by atoms with Gasteiger partial charge in [0.25, 0.3) is 0 Å². The van der Waals surface area contributed by atoms with Crippen LogP contribution in [0, 0.1) is 6.92 Å². The summed E-state index contributed by atoms with van der Waals surface area (Å²) in [6.07, 6.45) is 4.05. The fourth-order valence-corrected chi connectivity index (χ4v) is 3.87. The zero-order valence-electron chi connectivity index (χ0n) is 16.4. The maximum atomic E-state index is 12.0. The number of hydrogen-bond donors (Lipinski definition) is 2. The Kier molecular flexibility index (Phi) is 7.00. The molecule has 3 aromatic rings. The third kappa shape index (κ3) is 4.88. The Morgan fingerprint density at radius 1 is 1.39 bits per heavy atom. The number of carbonyl (C=O) groups excluding carboxylic acids is 1. The second kappa shape index (κ2) is 9.66. The van der Waals surface area contributed by atoms with E-state index in [4.69, 9.17) is 10.5 Å². The fraction of sp³-hybridized carbons (Fsp3) is 0.450. The molecule has 0 radical (unpaired) electrons. The Balaban J connectivity index is 1.58. The minimum absolute atomic E-state index is 0.0715. The van der Waals surface area contributed by atoms with Gasteiger partial charge in [0.15, 0.2) is 5.82 Å². The number of nitrogens with one attached hydrogen (secondary N) is 1. The van der Waals surface area contributed by atoms with E-state index in [9.17, 15) is 4.79 Å². The van der Waals surface area contributed by atoms with Crippen LogP contribution >= 0.6 is 11.3 Å². The molecule has 3 N–H and O–H groups in total. The van der Waals surface area contributed by atoms with Gasteiger partial charge < -0.3 is 20.4 Å². The molecule has 1 amide bonds. The summed E-state index contributed by atoms with van der Waals surface area (Å²) < 4.78 is 7.75. The molecular weight excluding hydrogens is 374 g/mol. The van der Waals surface area contributed by atoms with Gasteiger partial charge in [-0.2, -0.15) is 0 Å². The van der Waals surface area contributed by atoms with Gasteiger partial charge in [-0.1, -0.05) is 6.07 Å². The molecule has 0 aliphatic heterocycles. The lowest BCUT2D eigenvalue weighted by Gasteiger charge is -2.11. The van der Waals surface area contributed by atoms with Gasteiger partial charge in [0.1, 0.15) is 17.9 Å². The molecular formula is C20H27N5O2S. The maximum Gasteiger partial charge on any atom is 0.225 e. The number of nitrogens with zero attached hydrogens (tertiary/aromatic N) is 3. The number of anilines is 1. The first-order valence-corrected chi connectivity index (χ1v) is 10.4. The third-order valence-electron chi connectivity index (χ3n) is 4.54. The Bertz CT molecular complexity index is 920. The quantitative estimate of drug-likeness (QED) is 0.509. The predicted octanol–water partition coefficient (Wildman–Crippen LogP) is 3.06. The number of thiophene rings is 1. The molecule has 3 rings (SSSR count). The zero-order valence-corrected chi connectivity index (χ0v) is 17.2. The summed E-state index contributed by atoms with van der Waals surface area (Å²) in [6, 6.07) is 3.95. The van der Waals surface area contributed by atoms with Crippen LogP contribution in [-0.2, 0) is 29.1 Å². The molecule has 0 saturated heterocycles. The van der Waals surface area contributed by atoms with Crippen LogP contribution in [-0.4, -0.2) is 33.6 Å². The van der Waals surface area contributed by atoms with Gasteiger partial charge in [-0.25, -0.2) is 9.97 Å². The zero-order chi connectivity index (χ0) is 19.9. The number of rotatable bonds is 10. The Morgan fingerprint density at radius 3 is 3.00 bits per heavy atom. The highest BCUT2D eigenvalue weighted by Gasteiger charge is 2.15. The van der Waals surface area contributed by atoms with E-state index in [0.717, 1.165) is 46.7 Å². The minimum atomic E-state index is 0.0715. The highest BCUT2D eigenvalue weighted by molar-refractivity contribution is 7.10. The SMILES string of the molecule is CCOCc1nc2c(N)ncc(C)c2n1CCCCNC(=O)Cc1cccs1. The van der Waals surface area contributed by atoms with Crippen LogP contribution in [0.5, 0.6) is 0 Å². The predicted molar refractivity (Wildman–Crippen MR) is 112 cm³/mol. The van der Waals surface area contributed by atoms with Gasteiger partial charge in [0.2, 0.25) is 5.91 Å². The number of fused-ring (bicyclic) bond motifs is 1. The molecule has 0 aliphatic rings. The van der Waals surface area contributed by atoms with Crippen molar-refractivity contribution >= 4 is 34.1 Å². The number of aryl methyl sites for hydroxylation is 2. The van der Waals surface area contributed by atoms with Crippen LogP contribution in [0.3, 0.4) is 0 Å². The van der Waals surface area contributed by atoms with Gasteiger partial charge in [-0.3, -0.25) is 4.79 Å². The van der Waals surface area contributed by atoms with Crippen molar-refractivity contribution in [2.75, 3.05) is 18.9 Å². The molecule has 28 heavy (non-hydrogen) atoms. The maximum absolute atomic E-state index is 12.0. The average Bonchev–Trinajstić information content (AvgIpc) is 3.31. The van der Waals surface area contributed by atoms with Crippen LogP contribution in [0.15, 0.2) is 23.7 Å². The largest absolute Gasteiger partial charge is 0.382 e. The number of pyridine rings is 1. The van der Waals surface area contributed by atoms with Gasteiger partial charge in [0, 0.05) is 30.8 Å². The number of imidazole rings is 1. The molecule has 0 saturated carbocycles. The highest BCUT2D eigenvalue weighted by Crippen LogP contribution is 2.24. The van der Waals surface area contributed by atoms with Gasteiger partial charge in [-0.05, 0) is 43.7 Å². The van der Waals surface area contributed by atoms with Crippen molar-refractivity contribution in [3.8, 4) is 0 Å². The summed E-state index contributed by atoms with van der Waals surface area (Å²) in [7, 11) is 0. The number of ether oxygens (including phenoxy) is 1. The number of hydrogen-bond acceptors (Lipinski definition) is 6. The summed E-state index contributed by atoms with van der Waals surface area (Å²) in [5, 5.41) is 4.98. The number of carbonyl (C=O) groups is 1. The fourth-order valence-electron chi connectivity index (χ4n) is 3.17. The van der Waals surface area contributed by atoms with Crippen molar-refractivity contribution in [3.05, 3.63) is 40.0 Å². The number of nitrogens with two attached hydrogens (primary N) is 1. The van der Waals surface area contributed by atoms with Crippen molar-refractivity contribution in [2.24, 2.45) is 0 Å². The smallest absolute Gasteiger partial charge is 0.225 e. The molecule has 0 unspecified atom stereocenters. The van der Waals surface area contributed by atoms with Crippen LogP contribution in [0.1, 0.15) is 36.0 Å². The molecule has 0 bridgehead atoms. The molecule has 0 fully saturated rings. The first-order valence-electron chi connectivity index (χ1n) is 9.57. The Morgan fingerprint density at radius 2 is 2.25 bits per heavy atom.